The largest absolute Gasteiger partial charge is 0.493 e. The highest BCUT2D eigenvalue weighted by atomic mass is 19.4. The first kappa shape index (κ1) is 93.8. The van der Waals surface area contributed by atoms with Gasteiger partial charge in [-0.05, 0) is 68.9 Å². The number of anilines is 2. The van der Waals surface area contributed by atoms with Crippen LogP contribution in [0.25, 0.3) is 43.8 Å². The molecule has 38 heteroatoms. The van der Waals surface area contributed by atoms with E-state index in [1.54, 1.807) is 12.4 Å². The second kappa shape index (κ2) is 50.2. The number of ether oxygens (including phenoxy) is 14. The molecule has 6 heterocycles. The van der Waals surface area contributed by atoms with Crippen molar-refractivity contribution in [1.82, 2.24) is 45.9 Å². The summed E-state index contributed by atoms with van der Waals surface area (Å²) in [4.78, 5) is 62.2. The predicted octanol–water partition coefficient (Wildman–Crippen LogP) is 6.13. The Morgan fingerprint density at radius 3 is 1.39 bits per heavy atom. The van der Waals surface area contributed by atoms with E-state index in [4.69, 9.17) is 66.3 Å². The molecule has 2 aliphatic heterocycles. The van der Waals surface area contributed by atoms with Gasteiger partial charge in [0.1, 0.15) is 53.8 Å². The van der Waals surface area contributed by atoms with Crippen LogP contribution in [0.5, 0.6) is 5.75 Å². The summed E-state index contributed by atoms with van der Waals surface area (Å²) in [6.07, 6.45) is -7.05. The Bertz CT molecular complexity index is 4280. The number of aliphatic hydroxyl groups is 4. The third-order valence-electron chi connectivity index (χ3n) is 19.0. The molecule has 0 saturated carbocycles. The second-order valence-corrected chi connectivity index (χ2v) is 27.9. The van der Waals surface area contributed by atoms with Gasteiger partial charge in [-0.2, -0.15) is 26.3 Å². The molecule has 4 aromatic heterocycles. The molecule has 32 nitrogen and oxygen atoms in total. The van der Waals surface area contributed by atoms with E-state index >= 15 is 0 Å². The normalized spacial score (nSPS) is 18.2. The molecule has 2 aliphatic rings. The minimum atomic E-state index is -4.69. The summed E-state index contributed by atoms with van der Waals surface area (Å²) in [5, 5.41) is 60.2. The zero-order valence-corrected chi connectivity index (χ0v) is 66.6. The van der Waals surface area contributed by atoms with Gasteiger partial charge in [-0.15, -0.1) is 0 Å². The van der Waals surface area contributed by atoms with Gasteiger partial charge in [-0.3, -0.25) is 24.4 Å². The zero-order chi connectivity index (χ0) is 85.4. The summed E-state index contributed by atoms with van der Waals surface area (Å²) in [5.41, 5.74) is 3.66. The first-order chi connectivity index (χ1) is 58.7. The monoisotopic (exact) mass is 1700 g/mol. The lowest BCUT2D eigenvalue weighted by Crippen LogP contribution is -2.57. The van der Waals surface area contributed by atoms with Crippen molar-refractivity contribution in [2.75, 3.05) is 182 Å². The number of carbonyl (C=O) groups is 3. The van der Waals surface area contributed by atoms with Gasteiger partial charge >= 0.3 is 12.4 Å². The molecule has 0 unspecified atom stereocenters. The molecule has 0 radical (unpaired) electrons. The number of rotatable bonds is 54. The molecule has 0 bridgehead atoms. The van der Waals surface area contributed by atoms with E-state index in [2.05, 4.69) is 92.9 Å². The number of benzene rings is 4. The molecular formula is C83H103F6N11O21. The third-order valence-corrected chi connectivity index (χ3v) is 19.0. The zero-order valence-electron chi connectivity index (χ0n) is 66.6. The fourth-order valence-corrected chi connectivity index (χ4v) is 12.6. The first-order valence-corrected chi connectivity index (χ1v) is 39.7. The number of aliphatic hydroxyl groups excluding tert-OH is 4. The number of fused-ring (bicyclic) bond motifs is 2. The minimum absolute atomic E-state index is 0.00617. The molecule has 121 heavy (non-hydrogen) atoms. The molecule has 8 aromatic rings. The van der Waals surface area contributed by atoms with Gasteiger partial charge in [0.05, 0.1) is 183 Å². The summed E-state index contributed by atoms with van der Waals surface area (Å²) >= 11 is 0. The number of hydrogen-bond acceptors (Lipinski definition) is 29. The number of nitrogens with zero attached hydrogens (tertiary/aromatic N) is 6. The lowest BCUT2D eigenvalue weighted by molar-refractivity contribution is -0.161. The number of halogens is 6. The van der Waals surface area contributed by atoms with Crippen molar-refractivity contribution in [3.05, 3.63) is 163 Å². The number of aromatic nitrogens is 6. The van der Waals surface area contributed by atoms with Crippen LogP contribution in [0.15, 0.2) is 140 Å². The van der Waals surface area contributed by atoms with Crippen LogP contribution >= 0.6 is 0 Å². The summed E-state index contributed by atoms with van der Waals surface area (Å²) in [7, 11) is 0. The molecule has 658 valence electrons. The first-order valence-electron chi connectivity index (χ1n) is 39.7. The van der Waals surface area contributed by atoms with E-state index in [0.717, 1.165) is 67.3 Å². The van der Waals surface area contributed by atoms with Crippen molar-refractivity contribution < 1.29 is 127 Å². The Morgan fingerprint density at radius 1 is 0.446 bits per heavy atom. The van der Waals surface area contributed by atoms with Gasteiger partial charge in [-0.25, -0.2) is 19.9 Å². The summed E-state index contributed by atoms with van der Waals surface area (Å²) < 4.78 is 158. The van der Waals surface area contributed by atoms with E-state index in [0.29, 0.717) is 30.9 Å². The van der Waals surface area contributed by atoms with E-state index in [1.165, 1.54) is 0 Å². The van der Waals surface area contributed by atoms with Gasteiger partial charge in [0.15, 0.2) is 0 Å². The summed E-state index contributed by atoms with van der Waals surface area (Å²) in [6, 6.07) is 29.5. The number of nitrogens with one attached hydrogen (secondary N) is 5. The molecule has 4 aromatic carbocycles. The predicted molar refractivity (Wildman–Crippen MR) is 426 cm³/mol. The van der Waals surface area contributed by atoms with Gasteiger partial charge in [0.25, 0.3) is 0 Å². The van der Waals surface area contributed by atoms with Gasteiger partial charge in [-0.1, -0.05) is 72.8 Å². The molecule has 0 aliphatic carbocycles. The maximum Gasteiger partial charge on any atom is 0.433 e. The van der Waals surface area contributed by atoms with Crippen LogP contribution in [0.3, 0.4) is 0 Å². The number of alkyl halides is 6. The quantitative estimate of drug-likeness (QED) is 0.0153. The van der Waals surface area contributed by atoms with E-state index in [9.17, 15) is 61.2 Å². The second-order valence-electron chi connectivity index (χ2n) is 27.9. The van der Waals surface area contributed by atoms with Crippen molar-refractivity contribution in [2.24, 2.45) is 0 Å². The molecular weight excluding hydrogens is 1600 g/mol. The van der Waals surface area contributed by atoms with E-state index < -0.39 is 78.5 Å². The van der Waals surface area contributed by atoms with Crippen LogP contribution in [0.4, 0.5) is 38.2 Å². The maximum atomic E-state index is 13.5. The Labute approximate surface area is 694 Å². The fraction of sp³-hybridized carbons (Fsp3) is 0.506. The Hall–Kier alpha value is -9.43. The Balaban J connectivity index is 0.589. The third kappa shape index (κ3) is 31.8. The summed E-state index contributed by atoms with van der Waals surface area (Å²) in [6.45, 7) is 3.64. The summed E-state index contributed by atoms with van der Waals surface area (Å²) in [5.74, 6) is -1.02. The Morgan fingerprint density at radius 2 is 0.893 bits per heavy atom. The molecule has 8 atom stereocenters. The minimum Gasteiger partial charge on any atom is -0.493 e. The number of hydrogen-bond donors (Lipinski definition) is 9. The molecule has 0 spiro atoms. The van der Waals surface area contributed by atoms with E-state index in [1.807, 2.05) is 67.0 Å². The van der Waals surface area contributed by atoms with Crippen LogP contribution in [0.1, 0.15) is 41.8 Å². The highest BCUT2D eigenvalue weighted by molar-refractivity contribution is 5.98. The van der Waals surface area contributed by atoms with Crippen LogP contribution in [-0.4, -0.2) is 294 Å². The molecule has 9 N–H and O–H groups in total. The van der Waals surface area contributed by atoms with Crippen LogP contribution < -0.4 is 31.3 Å². The number of carbonyl (C=O) groups excluding carboxylic acids is 3. The standard InChI is InChI=1S/C83H103F6N11O21/c84-82(85,86)71-15-23-94-80(99-71)97-66-51-120-69(78(106)76(66)104)53-117-43-41-112-39-37-110-35-33-108-31-25-92-73(101)18-27-115-49-60(50-116-28-19-74(102)93-26-32-109-34-36-111-38-40-113-42-44-118-54-70-79(107)77(105)67(52-121-70)98-81-95-24-16-72(100-81)83(87,88)89)96-75(103)20-29-114-48-56-9-12-63(62-6-2-4-58-14-22-91-47-65(58)62)68(45-56)119-30-17-55-7-10-59(11-8-55)61-5-1-3-57-13-21-90-46-64(57)61/h1-16,21-24,45-47,60,66-67,69-70,76-79,104-107H,17-20,25-44,48-54H2,(H,92,101)(H,93,102)(H,96,103)(H,94,97,99)(H,95,98,100)/t66-,67-,69+,70+,76+,77+,78-,79-/m0/s1. The molecule has 2 fully saturated rings. The topological polar surface area (TPSA) is 399 Å². The SMILES string of the molecule is O=C(CCOCC(COCCC(=O)NCCOCCOCCOCCOC[C@H]1OC[C@H](Nc2nccc(C(F)(F)F)n2)[C@@H](O)[C@H]1O)NC(=O)CCOCc1ccc(-c2cccc3ccncc23)c(OCCc2ccc(-c3cccc4ccncc34)cc2)c1)NCCOCCOCCOCCOC[C@H]1OC[C@H](Nc2nccc(C(F)(F)F)n2)[C@@H](O)[C@H]1O. The number of amides is 3. The molecule has 10 rings (SSSR count). The smallest absolute Gasteiger partial charge is 0.433 e. The van der Waals surface area contributed by atoms with Crippen LogP contribution in [0, 0.1) is 0 Å². The fourth-order valence-electron chi connectivity index (χ4n) is 12.6. The van der Waals surface area contributed by atoms with Crippen molar-refractivity contribution in [3.8, 4) is 28.0 Å². The van der Waals surface area contributed by atoms with Crippen molar-refractivity contribution >= 4 is 51.2 Å². The lowest BCUT2D eigenvalue weighted by atomic mass is 9.97. The van der Waals surface area contributed by atoms with Gasteiger partial charge in [0.2, 0.25) is 29.6 Å². The van der Waals surface area contributed by atoms with Crippen molar-refractivity contribution in [2.45, 2.75) is 99.4 Å². The van der Waals surface area contributed by atoms with Gasteiger partial charge in [0, 0.05) is 92.3 Å². The average Bonchev–Trinajstić information content (AvgIpc) is 0.796. The Kier molecular flexibility index (Phi) is 38.9. The molecule has 2 saturated heterocycles. The maximum absolute atomic E-state index is 13.5. The highest BCUT2D eigenvalue weighted by Crippen LogP contribution is 2.37. The average molecular weight is 1700 g/mol. The van der Waals surface area contributed by atoms with Gasteiger partial charge < -0.3 is 113 Å². The van der Waals surface area contributed by atoms with Crippen molar-refractivity contribution in [3.63, 3.8) is 0 Å². The lowest BCUT2D eigenvalue weighted by Gasteiger charge is -2.37. The molecule has 3 amide bonds. The van der Waals surface area contributed by atoms with Crippen LogP contribution in [-0.2, 0) is 101 Å². The van der Waals surface area contributed by atoms with Crippen molar-refractivity contribution in [1.29, 1.82) is 0 Å². The number of pyridine rings is 2. The van der Waals surface area contributed by atoms with E-state index in [-0.39, 0.29) is 221 Å². The van der Waals surface area contributed by atoms with Crippen LogP contribution in [0.2, 0.25) is 0 Å². The highest BCUT2D eigenvalue weighted by Gasteiger charge is 2.42.